The summed E-state index contributed by atoms with van der Waals surface area (Å²) in [6.07, 6.45) is -5.23. The van der Waals surface area contributed by atoms with Gasteiger partial charge in [-0.15, -0.1) is 0 Å². The number of hydrogen-bond acceptors (Lipinski definition) is 18. The number of carbonyl (C=O) groups is 1. The summed E-state index contributed by atoms with van der Waals surface area (Å²) in [4.78, 5) is 50.5. The number of aliphatic hydroxyl groups is 2. The van der Waals surface area contributed by atoms with Gasteiger partial charge in [0.2, 0.25) is 0 Å². The molecule has 47 heavy (non-hydrogen) atoms. The molecule has 2 fully saturated rings. The van der Waals surface area contributed by atoms with Crippen LogP contribution in [0, 0.1) is 0 Å². The van der Waals surface area contributed by atoms with E-state index in [2.05, 4.69) is 19.9 Å². The fourth-order valence-electron chi connectivity index (χ4n) is 4.98. The Balaban J connectivity index is 1.34. The van der Waals surface area contributed by atoms with Crippen LogP contribution in [0.5, 0.6) is 0 Å². The van der Waals surface area contributed by atoms with Gasteiger partial charge in [0.25, 0.3) is 5.56 Å². The van der Waals surface area contributed by atoms with Crippen LogP contribution in [-0.2, 0) is 37.3 Å². The standard InChI is InChI=1S/C25H34N7O13PS/c1-12(2)42-25(37)40-11-47-46(38,45-19-14(7-33)44-23(20(19)39-3)31-5-4-16(35)30-24(31)36)41-8-15-13(34)6-17(43-15)32-10-29-18-21(26)27-9-28-22(18)32/h4-5,9-10,12-15,17,19-20,23,33-34H,6-8,11H2,1-3H3,(H2,26,27,28)(H,30,35,36)/t13?,14-,15-,17-,19?,20-,23-,46?/m1/s1. The van der Waals surface area contributed by atoms with Gasteiger partial charge in [-0.1, -0.05) is 0 Å². The van der Waals surface area contributed by atoms with Crippen LogP contribution in [0.3, 0.4) is 0 Å². The molecule has 0 aromatic carbocycles. The number of nitrogens with zero attached hydrogens (tertiary/aromatic N) is 5. The number of fused-ring (bicyclic) bond motifs is 1. The molecule has 3 aromatic heterocycles. The molecule has 3 unspecified atom stereocenters. The van der Waals surface area contributed by atoms with Gasteiger partial charge >= 0.3 is 18.6 Å². The number of nitrogen functional groups attached to an aromatic ring is 1. The molecule has 5 heterocycles. The first-order valence-electron chi connectivity index (χ1n) is 14.2. The molecule has 2 aliphatic heterocycles. The average molecular weight is 704 g/mol. The number of anilines is 1. The van der Waals surface area contributed by atoms with E-state index in [1.807, 2.05) is 0 Å². The maximum absolute atomic E-state index is 14.2. The second-order valence-electron chi connectivity index (χ2n) is 10.6. The van der Waals surface area contributed by atoms with Crippen LogP contribution in [0.25, 0.3) is 11.2 Å². The first-order chi connectivity index (χ1) is 22.4. The summed E-state index contributed by atoms with van der Waals surface area (Å²) < 4.78 is 55.8. The molecule has 3 aromatic rings. The number of aromatic nitrogens is 6. The number of ether oxygens (including phenoxy) is 5. The molecular formula is C25H34N7O13PS. The van der Waals surface area contributed by atoms with Crippen molar-refractivity contribution < 1.29 is 52.3 Å². The first kappa shape index (κ1) is 34.9. The maximum Gasteiger partial charge on any atom is 0.509 e. The average Bonchev–Trinajstić information content (AvgIpc) is 3.71. The Bertz CT molecular complexity index is 1720. The predicted molar refractivity (Wildman–Crippen MR) is 161 cm³/mol. The molecule has 2 saturated heterocycles. The van der Waals surface area contributed by atoms with Gasteiger partial charge in [0.1, 0.15) is 42.5 Å². The van der Waals surface area contributed by atoms with E-state index in [9.17, 15) is 29.2 Å². The lowest BCUT2D eigenvalue weighted by Crippen LogP contribution is -2.39. The molecule has 5 rings (SSSR count). The lowest BCUT2D eigenvalue weighted by atomic mass is 10.1. The molecule has 0 radical (unpaired) electrons. The lowest BCUT2D eigenvalue weighted by molar-refractivity contribution is -0.0625. The summed E-state index contributed by atoms with van der Waals surface area (Å²) in [6.45, 7) is -2.26. The molecule has 0 spiro atoms. The second-order valence-corrected chi connectivity index (χ2v) is 14.6. The van der Waals surface area contributed by atoms with Crippen molar-refractivity contribution in [1.29, 1.82) is 0 Å². The van der Waals surface area contributed by atoms with Crippen molar-refractivity contribution in [3.8, 4) is 0 Å². The zero-order chi connectivity index (χ0) is 33.9. The van der Waals surface area contributed by atoms with E-state index < -0.39 is 92.4 Å². The minimum Gasteiger partial charge on any atom is -0.432 e. The summed E-state index contributed by atoms with van der Waals surface area (Å²) in [5.74, 6) is -0.375. The predicted octanol–water partition coefficient (Wildman–Crippen LogP) is 0.274. The Morgan fingerprint density at radius 1 is 1.21 bits per heavy atom. The SMILES string of the molecule is CO[C@@H]1C(OP(=O)(OC[C@H]2O[C@@H](n3cnc4c(N)ncnc43)CC2O)SCOC(=O)OC(C)C)[C@@H](CO)O[C@H]1n1ccc(=O)[nH]c1=O. The third kappa shape index (κ3) is 7.85. The van der Waals surface area contributed by atoms with Crippen molar-refractivity contribution in [3.05, 3.63) is 45.8 Å². The van der Waals surface area contributed by atoms with Gasteiger partial charge in [-0.3, -0.25) is 28.0 Å². The Morgan fingerprint density at radius 2 is 2.00 bits per heavy atom. The number of aliphatic hydroxyl groups excluding tert-OH is 2. The van der Waals surface area contributed by atoms with E-state index in [-0.39, 0.29) is 12.2 Å². The summed E-state index contributed by atoms with van der Waals surface area (Å²) in [5, 5.41) is 20.9. The van der Waals surface area contributed by atoms with Crippen LogP contribution in [0.15, 0.2) is 34.5 Å². The molecule has 0 amide bonds. The topological polar surface area (TPSA) is 264 Å². The quantitative estimate of drug-likeness (QED) is 0.106. The second kappa shape index (κ2) is 14.8. The van der Waals surface area contributed by atoms with Crippen LogP contribution in [0.2, 0.25) is 0 Å². The third-order valence-electron chi connectivity index (χ3n) is 7.13. The van der Waals surface area contributed by atoms with Crippen LogP contribution in [0.1, 0.15) is 32.7 Å². The van der Waals surface area contributed by atoms with Crippen LogP contribution in [-0.4, -0.2) is 108 Å². The molecule has 22 heteroatoms. The lowest BCUT2D eigenvalue weighted by Gasteiger charge is -2.28. The highest BCUT2D eigenvalue weighted by molar-refractivity contribution is 8.55. The summed E-state index contributed by atoms with van der Waals surface area (Å²) in [7, 11) is 1.28. The first-order valence-corrected chi connectivity index (χ1v) is 17.3. The number of nitrogens with two attached hydrogens (primary N) is 1. The maximum atomic E-state index is 14.2. The number of aromatic amines is 1. The Kier molecular flexibility index (Phi) is 11.0. The minimum atomic E-state index is -4.38. The number of nitrogens with one attached hydrogen (secondary N) is 1. The Morgan fingerprint density at radius 3 is 2.70 bits per heavy atom. The van der Waals surface area contributed by atoms with Gasteiger partial charge in [-0.25, -0.2) is 29.1 Å². The Labute approximate surface area is 269 Å². The molecule has 0 bridgehead atoms. The van der Waals surface area contributed by atoms with Crippen LogP contribution >= 0.6 is 18.2 Å². The van der Waals surface area contributed by atoms with Crippen molar-refractivity contribution in [1.82, 2.24) is 29.1 Å². The smallest absolute Gasteiger partial charge is 0.432 e. The number of hydrogen-bond donors (Lipinski definition) is 4. The molecule has 8 atom stereocenters. The third-order valence-corrected chi connectivity index (χ3v) is 10.5. The molecule has 258 valence electrons. The van der Waals surface area contributed by atoms with Crippen molar-refractivity contribution in [2.75, 3.05) is 32.0 Å². The number of imidazole rings is 1. The van der Waals surface area contributed by atoms with E-state index in [0.717, 1.165) is 10.6 Å². The zero-order valence-electron chi connectivity index (χ0n) is 25.3. The van der Waals surface area contributed by atoms with Crippen molar-refractivity contribution >= 4 is 41.3 Å². The van der Waals surface area contributed by atoms with Crippen molar-refractivity contribution in [2.24, 2.45) is 0 Å². The number of rotatable bonds is 13. The number of carbonyl (C=O) groups excluding carboxylic acids is 1. The highest BCUT2D eigenvalue weighted by atomic mass is 32.7. The van der Waals surface area contributed by atoms with Crippen LogP contribution in [0.4, 0.5) is 10.6 Å². The Hall–Kier alpha value is -3.40. The summed E-state index contributed by atoms with van der Waals surface area (Å²) in [6, 6.07) is 1.09. The van der Waals surface area contributed by atoms with Crippen LogP contribution < -0.4 is 17.0 Å². The molecule has 0 saturated carbocycles. The zero-order valence-corrected chi connectivity index (χ0v) is 27.0. The summed E-state index contributed by atoms with van der Waals surface area (Å²) in [5.41, 5.74) is 5.13. The van der Waals surface area contributed by atoms with E-state index in [1.54, 1.807) is 18.4 Å². The van der Waals surface area contributed by atoms with E-state index >= 15 is 0 Å². The van der Waals surface area contributed by atoms with Gasteiger partial charge < -0.3 is 39.6 Å². The molecule has 20 nitrogen and oxygen atoms in total. The van der Waals surface area contributed by atoms with Crippen molar-refractivity contribution in [3.63, 3.8) is 0 Å². The largest absolute Gasteiger partial charge is 0.509 e. The van der Waals surface area contributed by atoms with E-state index in [4.69, 9.17) is 38.5 Å². The van der Waals surface area contributed by atoms with Gasteiger partial charge in [0.05, 0.1) is 31.7 Å². The fourth-order valence-corrected chi connectivity index (χ4v) is 7.77. The van der Waals surface area contributed by atoms with Gasteiger partial charge in [-0.05, 0) is 13.8 Å². The normalized spacial score (nSPS) is 27.3. The van der Waals surface area contributed by atoms with E-state index in [1.165, 1.54) is 26.0 Å². The minimum absolute atomic E-state index is 0.0935. The molecule has 0 aliphatic carbocycles. The molecule has 2 aliphatic rings. The molecular weight excluding hydrogens is 669 g/mol. The van der Waals surface area contributed by atoms with Gasteiger partial charge in [0.15, 0.2) is 23.6 Å². The number of H-pyrrole nitrogens is 1. The summed E-state index contributed by atoms with van der Waals surface area (Å²) >= 11 is 0.476. The number of methoxy groups -OCH3 is 1. The van der Waals surface area contributed by atoms with E-state index in [0.29, 0.717) is 22.5 Å². The van der Waals surface area contributed by atoms with Gasteiger partial charge in [-0.2, -0.15) is 0 Å². The van der Waals surface area contributed by atoms with Gasteiger partial charge in [0, 0.05) is 37.2 Å². The highest BCUT2D eigenvalue weighted by Crippen LogP contribution is 2.63. The molecule has 5 N–H and O–H groups in total. The van der Waals surface area contributed by atoms with Crippen molar-refractivity contribution in [2.45, 2.75) is 69.3 Å². The monoisotopic (exact) mass is 703 g/mol. The fraction of sp³-hybridized carbons (Fsp3) is 0.600. The highest BCUT2D eigenvalue weighted by Gasteiger charge is 2.51.